The number of nitrogens with zero attached hydrogens (tertiary/aromatic N) is 3. The second-order valence-corrected chi connectivity index (χ2v) is 11.1. The van der Waals surface area contributed by atoms with Crippen LogP contribution < -0.4 is 9.62 Å². The third kappa shape index (κ3) is 7.57. The largest absolute Gasteiger partial charge is 0.354 e. The lowest BCUT2D eigenvalue weighted by Gasteiger charge is -2.33. The van der Waals surface area contributed by atoms with Gasteiger partial charge in [0.15, 0.2) is 0 Å². The summed E-state index contributed by atoms with van der Waals surface area (Å²) in [5.41, 5.74) is 0.796. The number of benzene rings is 2. The molecule has 0 saturated carbocycles. The minimum atomic E-state index is -4.01. The number of carbonyl (C=O) groups excluding carboxylic acids is 2. The summed E-state index contributed by atoms with van der Waals surface area (Å²) in [7, 11) is -1.23. The highest BCUT2D eigenvalue weighted by molar-refractivity contribution is 7.90. The third-order valence-corrected chi connectivity index (χ3v) is 7.98. The van der Waals surface area contributed by atoms with Gasteiger partial charge in [-0.25, -0.2) is 4.31 Å². The molecule has 0 unspecified atom stereocenters. The molecular formula is C24H32Cl2N4O4S. The highest BCUT2D eigenvalue weighted by atomic mass is 35.5. The molecule has 0 aliphatic heterocycles. The van der Waals surface area contributed by atoms with E-state index in [4.69, 9.17) is 23.2 Å². The molecule has 2 amide bonds. The molecule has 0 fully saturated rings. The Morgan fingerprint density at radius 3 is 2.14 bits per heavy atom. The normalized spacial score (nSPS) is 12.3. The van der Waals surface area contributed by atoms with Crippen molar-refractivity contribution in [2.45, 2.75) is 39.3 Å². The summed E-state index contributed by atoms with van der Waals surface area (Å²) >= 11 is 12.7. The van der Waals surface area contributed by atoms with Crippen LogP contribution in [0.2, 0.25) is 10.0 Å². The number of carbonyl (C=O) groups is 2. The highest BCUT2D eigenvalue weighted by Crippen LogP contribution is 2.27. The fraction of sp³-hybridized carbons (Fsp3) is 0.417. The number of nitrogens with one attached hydrogen (secondary N) is 1. The summed E-state index contributed by atoms with van der Waals surface area (Å²) in [4.78, 5) is 27.8. The van der Waals surface area contributed by atoms with Crippen molar-refractivity contribution in [2.75, 3.05) is 31.5 Å². The number of rotatable bonds is 12. The fourth-order valence-corrected chi connectivity index (χ4v) is 4.86. The van der Waals surface area contributed by atoms with Crippen molar-refractivity contribution in [1.82, 2.24) is 14.5 Å². The van der Waals surface area contributed by atoms with Crippen LogP contribution in [-0.2, 0) is 26.3 Å². The van der Waals surface area contributed by atoms with Gasteiger partial charge >= 0.3 is 10.2 Å². The Labute approximate surface area is 218 Å². The number of hydrogen-bond acceptors (Lipinski definition) is 4. The molecule has 192 valence electrons. The van der Waals surface area contributed by atoms with E-state index < -0.39 is 28.7 Å². The minimum Gasteiger partial charge on any atom is -0.354 e. The zero-order valence-corrected chi connectivity index (χ0v) is 22.7. The maximum Gasteiger partial charge on any atom is 0.304 e. The van der Waals surface area contributed by atoms with Crippen LogP contribution in [0.15, 0.2) is 48.5 Å². The predicted octanol–water partition coefficient (Wildman–Crippen LogP) is 3.94. The maximum atomic E-state index is 13.6. The number of halogens is 2. The molecule has 2 rings (SSSR count). The van der Waals surface area contributed by atoms with Crippen LogP contribution in [0.25, 0.3) is 0 Å². The van der Waals surface area contributed by atoms with E-state index in [1.165, 1.54) is 19.0 Å². The Morgan fingerprint density at radius 1 is 1.00 bits per heavy atom. The average molecular weight is 544 g/mol. The first kappa shape index (κ1) is 28.9. The second-order valence-electron chi connectivity index (χ2n) is 8.17. The summed E-state index contributed by atoms with van der Waals surface area (Å²) in [6.45, 7) is 3.49. The second kappa shape index (κ2) is 13.1. The Balaban J connectivity index is 2.44. The summed E-state index contributed by atoms with van der Waals surface area (Å²) in [6.07, 6.45) is 1.70. The van der Waals surface area contributed by atoms with Gasteiger partial charge in [-0.05, 0) is 37.6 Å². The number of hydrogen-bond donors (Lipinski definition) is 1. The van der Waals surface area contributed by atoms with Gasteiger partial charge in [0, 0.05) is 42.8 Å². The van der Waals surface area contributed by atoms with Crippen molar-refractivity contribution in [1.29, 1.82) is 0 Å². The van der Waals surface area contributed by atoms with Crippen molar-refractivity contribution in [3.05, 3.63) is 64.1 Å². The first-order chi connectivity index (χ1) is 16.5. The van der Waals surface area contributed by atoms with Gasteiger partial charge in [0.1, 0.15) is 12.6 Å². The molecule has 0 saturated heterocycles. The van der Waals surface area contributed by atoms with E-state index >= 15 is 0 Å². The zero-order chi connectivity index (χ0) is 26.2. The number of amides is 2. The lowest BCUT2D eigenvalue weighted by Crippen LogP contribution is -2.52. The van der Waals surface area contributed by atoms with E-state index in [1.807, 2.05) is 6.92 Å². The van der Waals surface area contributed by atoms with Crippen LogP contribution in [0.1, 0.15) is 32.3 Å². The number of para-hydroxylation sites is 1. The van der Waals surface area contributed by atoms with Crippen LogP contribution in [-0.4, -0.2) is 62.7 Å². The first-order valence-corrected chi connectivity index (χ1v) is 13.4. The van der Waals surface area contributed by atoms with E-state index in [2.05, 4.69) is 5.32 Å². The van der Waals surface area contributed by atoms with Crippen LogP contribution >= 0.6 is 23.2 Å². The number of unbranched alkanes of at least 4 members (excludes halogenated alkanes) is 1. The molecule has 11 heteroatoms. The van der Waals surface area contributed by atoms with Crippen LogP contribution in [0.3, 0.4) is 0 Å². The fourth-order valence-electron chi connectivity index (χ4n) is 3.28. The van der Waals surface area contributed by atoms with E-state index in [-0.39, 0.29) is 12.5 Å². The molecule has 2 aromatic rings. The average Bonchev–Trinajstić information content (AvgIpc) is 2.82. The van der Waals surface area contributed by atoms with Crippen molar-refractivity contribution in [3.63, 3.8) is 0 Å². The quantitative estimate of drug-likeness (QED) is 0.411. The SMILES string of the molecule is CCCCNC(=O)[C@H](C)N(Cc1c(Cl)cccc1Cl)C(=O)CN(c1ccccc1)S(=O)(=O)N(C)C. The van der Waals surface area contributed by atoms with Crippen LogP contribution in [0, 0.1) is 0 Å². The molecular weight excluding hydrogens is 511 g/mol. The summed E-state index contributed by atoms with van der Waals surface area (Å²) in [6, 6.07) is 12.4. The molecule has 1 atom stereocenters. The van der Waals surface area contributed by atoms with Gasteiger partial charge in [-0.3, -0.25) is 9.59 Å². The molecule has 0 aliphatic rings. The predicted molar refractivity (Wildman–Crippen MR) is 141 cm³/mol. The van der Waals surface area contributed by atoms with Crippen LogP contribution in [0.4, 0.5) is 5.69 Å². The Hall–Kier alpha value is -2.33. The summed E-state index contributed by atoms with van der Waals surface area (Å²) < 4.78 is 28.2. The van der Waals surface area contributed by atoms with Crippen molar-refractivity contribution < 1.29 is 18.0 Å². The Kier molecular flexibility index (Phi) is 10.8. The van der Waals surface area contributed by atoms with E-state index in [0.717, 1.165) is 21.5 Å². The molecule has 0 bridgehead atoms. The summed E-state index contributed by atoms with van der Waals surface area (Å²) in [5, 5.41) is 3.51. The Bertz CT molecular complexity index is 1090. The molecule has 0 heterocycles. The smallest absolute Gasteiger partial charge is 0.304 e. The zero-order valence-electron chi connectivity index (χ0n) is 20.4. The monoisotopic (exact) mass is 542 g/mol. The van der Waals surface area contributed by atoms with Crippen LogP contribution in [0.5, 0.6) is 0 Å². The van der Waals surface area contributed by atoms with Crippen molar-refractivity contribution in [2.24, 2.45) is 0 Å². The van der Waals surface area contributed by atoms with Gasteiger partial charge in [-0.1, -0.05) is 60.8 Å². The van der Waals surface area contributed by atoms with E-state index in [1.54, 1.807) is 55.5 Å². The topological polar surface area (TPSA) is 90.0 Å². The minimum absolute atomic E-state index is 0.0651. The molecule has 0 aliphatic carbocycles. The lowest BCUT2D eigenvalue weighted by molar-refractivity contribution is -0.139. The molecule has 35 heavy (non-hydrogen) atoms. The highest BCUT2D eigenvalue weighted by Gasteiger charge is 2.33. The van der Waals surface area contributed by atoms with Gasteiger partial charge in [-0.2, -0.15) is 12.7 Å². The molecule has 1 N–H and O–H groups in total. The van der Waals surface area contributed by atoms with Gasteiger partial charge < -0.3 is 10.2 Å². The van der Waals surface area contributed by atoms with Gasteiger partial charge in [0.05, 0.1) is 5.69 Å². The standard InChI is InChI=1S/C24H32Cl2N4O4S/c1-5-6-15-27-24(32)18(2)29(16-20-21(25)13-10-14-22(20)26)23(31)17-30(35(33,34)28(3)4)19-11-8-7-9-12-19/h7-14,18H,5-6,15-17H2,1-4H3,(H,27,32)/t18-/m0/s1. The maximum absolute atomic E-state index is 13.6. The van der Waals surface area contributed by atoms with Gasteiger partial charge in [-0.15, -0.1) is 0 Å². The van der Waals surface area contributed by atoms with Crippen molar-refractivity contribution in [3.8, 4) is 0 Å². The molecule has 0 aromatic heterocycles. The van der Waals surface area contributed by atoms with Gasteiger partial charge in [0.2, 0.25) is 11.8 Å². The lowest BCUT2D eigenvalue weighted by atomic mass is 10.1. The molecule has 0 spiro atoms. The molecule has 2 aromatic carbocycles. The van der Waals surface area contributed by atoms with E-state index in [0.29, 0.717) is 27.8 Å². The molecule has 8 nitrogen and oxygen atoms in total. The first-order valence-electron chi connectivity index (χ1n) is 11.3. The number of anilines is 1. The van der Waals surface area contributed by atoms with E-state index in [9.17, 15) is 18.0 Å². The third-order valence-electron chi connectivity index (χ3n) is 5.45. The summed E-state index contributed by atoms with van der Waals surface area (Å²) in [5.74, 6) is -0.926. The van der Waals surface area contributed by atoms with Gasteiger partial charge in [0.25, 0.3) is 0 Å². The Morgan fingerprint density at radius 2 is 1.60 bits per heavy atom. The molecule has 0 radical (unpaired) electrons. The van der Waals surface area contributed by atoms with Crippen molar-refractivity contribution >= 4 is 50.9 Å².